The van der Waals surface area contributed by atoms with E-state index in [9.17, 15) is 22.4 Å². The second-order valence-corrected chi connectivity index (χ2v) is 22.8. The summed E-state index contributed by atoms with van der Waals surface area (Å²) in [5.74, 6) is -43.7. The van der Waals surface area contributed by atoms with Crippen molar-refractivity contribution in [1.82, 2.24) is 0 Å². The zero-order valence-electron chi connectivity index (χ0n) is 51.4. The van der Waals surface area contributed by atoms with Gasteiger partial charge in [-0.3, -0.25) is 4.79 Å². The van der Waals surface area contributed by atoms with Crippen LogP contribution >= 0.6 is 0 Å². The van der Waals surface area contributed by atoms with Gasteiger partial charge in [-0.1, -0.05) is 133 Å². The predicted molar refractivity (Wildman–Crippen MR) is 337 cm³/mol. The minimum absolute atomic E-state index is 0.292. The summed E-state index contributed by atoms with van der Waals surface area (Å²) in [6, 6.07) is 46.1. The standard InChI is InChI=1S/C78H44F16O4/c1-35-11-14-40(15-12-35)45-23-30-50(54(33-45)75(95)44-9-7-6-8-10-44)41-17-24-47(25-18-41)96-77-71(91)65(85)57(66(86)72(77)92)58-67(87)73(93)78(74(94)68(58)88)97-48-26-19-42(20-27-48)51-31-38(4)52(32-37(51)3)46-16-13-36(2)53(34-46)43-21-28-49(29-22-43)98-76-69(89)63(83)56(64(84)70(76)90)55-61(81)59(79)39(5)60(80)62(55)82/h6-34H,1-5H3. The maximum absolute atomic E-state index is 15.9. The summed E-state index contributed by atoms with van der Waals surface area (Å²) < 4.78 is 262. The van der Waals surface area contributed by atoms with Gasteiger partial charge >= 0.3 is 0 Å². The molecular formula is C78H44F16O4. The van der Waals surface area contributed by atoms with E-state index in [-0.39, 0.29) is 17.3 Å². The lowest BCUT2D eigenvalue weighted by Gasteiger charge is -2.17. The molecule has 0 saturated carbocycles. The Morgan fingerprint density at radius 2 is 0.582 bits per heavy atom. The van der Waals surface area contributed by atoms with Crippen molar-refractivity contribution in [2.75, 3.05) is 0 Å². The molecule has 0 amide bonds. The van der Waals surface area contributed by atoms with Crippen molar-refractivity contribution < 1.29 is 89.3 Å². The molecule has 4 nitrogen and oxygen atoms in total. The van der Waals surface area contributed by atoms with Gasteiger partial charge in [0.25, 0.3) is 0 Å². The number of halogens is 16. The molecular weight excluding hydrogens is 1300 g/mol. The Kier molecular flexibility index (Phi) is 17.9. The minimum atomic E-state index is -2.47. The second kappa shape index (κ2) is 26.3. The van der Waals surface area contributed by atoms with Gasteiger partial charge in [-0.2, -0.15) is 26.3 Å². The first kappa shape index (κ1) is 66.6. The first-order chi connectivity index (χ1) is 46.7. The number of rotatable bonds is 15. The molecule has 12 aromatic rings. The third-order valence-corrected chi connectivity index (χ3v) is 16.6. The quantitative estimate of drug-likeness (QED) is 0.0583. The smallest absolute Gasteiger partial charge is 0.205 e. The van der Waals surface area contributed by atoms with Crippen LogP contribution in [0, 0.1) is 128 Å². The van der Waals surface area contributed by atoms with E-state index in [1.165, 1.54) is 72.8 Å². The van der Waals surface area contributed by atoms with Gasteiger partial charge in [-0.25, -0.2) is 43.9 Å². The molecule has 0 saturated heterocycles. The number of benzene rings is 12. The van der Waals surface area contributed by atoms with E-state index in [2.05, 4.69) is 0 Å². The molecule has 0 aliphatic heterocycles. The van der Waals surface area contributed by atoms with Crippen molar-refractivity contribution >= 4 is 5.78 Å². The monoisotopic (exact) mass is 1350 g/mol. The topological polar surface area (TPSA) is 44.8 Å². The Hall–Kier alpha value is -11.4. The second-order valence-electron chi connectivity index (χ2n) is 22.8. The number of carbonyl (C=O) groups excluding carboxylic acids is 1. The number of hydrogen-bond donors (Lipinski definition) is 0. The molecule has 0 heterocycles. The normalized spacial score (nSPS) is 11.4. The van der Waals surface area contributed by atoms with E-state index in [0.717, 1.165) is 33.4 Å². The van der Waals surface area contributed by atoms with Crippen molar-refractivity contribution in [2.24, 2.45) is 0 Å². The summed E-state index contributed by atoms with van der Waals surface area (Å²) >= 11 is 0. The van der Waals surface area contributed by atoms with Crippen molar-refractivity contribution in [3.05, 3.63) is 308 Å². The number of aryl methyl sites for hydroxylation is 4. The summed E-state index contributed by atoms with van der Waals surface area (Å²) in [5, 5.41) is 0. The van der Waals surface area contributed by atoms with Crippen LogP contribution in [0.1, 0.15) is 43.7 Å². The fourth-order valence-electron chi connectivity index (χ4n) is 11.4. The van der Waals surface area contributed by atoms with E-state index in [0.29, 0.717) is 62.6 Å². The predicted octanol–water partition coefficient (Wildman–Crippen LogP) is 23.7. The lowest BCUT2D eigenvalue weighted by molar-refractivity contribution is 0.103. The van der Waals surface area contributed by atoms with Crippen LogP contribution in [0.5, 0.6) is 34.5 Å². The molecule has 0 N–H and O–H groups in total. The molecule has 0 bridgehead atoms. The molecule has 0 aromatic heterocycles. The fraction of sp³-hybridized carbons (Fsp3) is 0.0641. The zero-order chi connectivity index (χ0) is 70.0. The van der Waals surface area contributed by atoms with Crippen molar-refractivity contribution in [2.45, 2.75) is 34.6 Å². The summed E-state index contributed by atoms with van der Waals surface area (Å²) in [6.45, 7) is 7.91. The molecule has 0 atom stereocenters. The Labute approximate surface area is 547 Å². The number of carbonyl (C=O) groups is 1. The Morgan fingerprint density at radius 3 is 0.969 bits per heavy atom. The van der Waals surface area contributed by atoms with Crippen molar-refractivity contribution in [3.8, 4) is 112 Å². The summed E-state index contributed by atoms with van der Waals surface area (Å²) in [5.41, 5.74) is 0.503. The van der Waals surface area contributed by atoms with Crippen LogP contribution in [0.3, 0.4) is 0 Å². The molecule has 20 heteroatoms. The SMILES string of the molecule is Cc1ccc(-c2ccc(-c3ccc(Oc4c(F)c(F)c(-c5c(F)c(F)c(Oc6ccc(-c7cc(C)c(-c8ccc(C)c(-c9ccc(Oc%10c(F)c(F)c(-c%11c(F)c(F)c(C)c(F)c%11F)c(F)c%10F)cc9)c8)cc7C)cc6)c(F)c5F)c(F)c4F)cc3)c(C(=O)c3ccccc3)c2)cc1. The summed E-state index contributed by atoms with van der Waals surface area (Å²) in [7, 11) is 0. The van der Waals surface area contributed by atoms with Gasteiger partial charge in [-0.05, 0) is 155 Å². The third kappa shape index (κ3) is 11.9. The third-order valence-electron chi connectivity index (χ3n) is 16.6. The lowest BCUT2D eigenvalue weighted by Crippen LogP contribution is -2.09. The Morgan fingerprint density at radius 1 is 0.265 bits per heavy atom. The average molecular weight is 1350 g/mol. The van der Waals surface area contributed by atoms with Crippen molar-refractivity contribution in [3.63, 3.8) is 0 Å². The molecule has 0 radical (unpaired) electrons. The average Bonchev–Trinajstić information content (AvgIpc) is 0.727. The maximum Gasteiger partial charge on any atom is 0.205 e. The number of hydrogen-bond acceptors (Lipinski definition) is 4. The highest BCUT2D eigenvalue weighted by Gasteiger charge is 2.37. The van der Waals surface area contributed by atoms with E-state index < -0.39 is 144 Å². The zero-order valence-corrected chi connectivity index (χ0v) is 51.4. The first-order valence-corrected chi connectivity index (χ1v) is 29.5. The highest BCUT2D eigenvalue weighted by atomic mass is 19.2. The summed E-state index contributed by atoms with van der Waals surface area (Å²) in [6.07, 6.45) is 0. The Bertz CT molecular complexity index is 5120. The van der Waals surface area contributed by atoms with Crippen LogP contribution < -0.4 is 14.2 Å². The van der Waals surface area contributed by atoms with E-state index >= 15 is 52.7 Å². The van der Waals surface area contributed by atoms with Gasteiger partial charge in [0.1, 0.15) is 17.2 Å². The highest BCUT2D eigenvalue weighted by Crippen LogP contribution is 2.46. The number of ketones is 1. The van der Waals surface area contributed by atoms with Gasteiger partial charge in [0.2, 0.25) is 52.2 Å². The van der Waals surface area contributed by atoms with Crippen molar-refractivity contribution in [1.29, 1.82) is 0 Å². The molecule has 0 unspecified atom stereocenters. The minimum Gasteiger partial charge on any atom is -0.451 e. The van der Waals surface area contributed by atoms with Gasteiger partial charge in [0.15, 0.2) is 64.0 Å². The molecule has 12 rings (SSSR count). The summed E-state index contributed by atoms with van der Waals surface area (Å²) in [4.78, 5) is 13.9. The molecule has 0 fully saturated rings. The van der Waals surface area contributed by atoms with Gasteiger partial charge in [-0.15, -0.1) is 0 Å². The maximum atomic E-state index is 15.9. The van der Waals surface area contributed by atoms with Crippen LogP contribution in [0.2, 0.25) is 0 Å². The van der Waals surface area contributed by atoms with Gasteiger partial charge in [0.05, 0.1) is 22.3 Å². The molecule has 12 aromatic carbocycles. The lowest BCUT2D eigenvalue weighted by atomic mass is 9.89. The number of ether oxygens (including phenoxy) is 3. The molecule has 0 aliphatic rings. The largest absolute Gasteiger partial charge is 0.451 e. The van der Waals surface area contributed by atoms with Gasteiger partial charge < -0.3 is 14.2 Å². The molecule has 0 aliphatic carbocycles. The molecule has 0 spiro atoms. The fourth-order valence-corrected chi connectivity index (χ4v) is 11.4. The molecule has 98 heavy (non-hydrogen) atoms. The first-order valence-electron chi connectivity index (χ1n) is 29.5. The Balaban J connectivity index is 0.747. The van der Waals surface area contributed by atoms with Crippen LogP contribution in [-0.2, 0) is 0 Å². The van der Waals surface area contributed by atoms with E-state index in [1.54, 1.807) is 75.4 Å². The van der Waals surface area contributed by atoms with E-state index in [4.69, 9.17) is 14.2 Å². The van der Waals surface area contributed by atoms with Crippen LogP contribution in [-0.4, -0.2) is 5.78 Å². The molecule has 492 valence electrons. The van der Waals surface area contributed by atoms with Gasteiger partial charge in [0, 0.05) is 16.7 Å². The van der Waals surface area contributed by atoms with Crippen LogP contribution in [0.25, 0.3) is 77.9 Å². The van der Waals surface area contributed by atoms with Crippen LogP contribution in [0.4, 0.5) is 70.2 Å². The van der Waals surface area contributed by atoms with Crippen LogP contribution in [0.15, 0.2) is 176 Å². The van der Waals surface area contributed by atoms with E-state index in [1.807, 2.05) is 55.5 Å². The highest BCUT2D eigenvalue weighted by molar-refractivity contribution is 6.13.